The number of rotatable bonds is 3. The Bertz CT molecular complexity index is 501. The number of ether oxygens (including phenoxy) is 1. The fourth-order valence-electron chi connectivity index (χ4n) is 1.37. The number of para-hydroxylation sites is 1. The fraction of sp³-hybridized carbons (Fsp3) is 0. The van der Waals surface area contributed by atoms with E-state index in [1.807, 2.05) is 48.5 Å². The van der Waals surface area contributed by atoms with Gasteiger partial charge in [-0.15, -0.1) is 0 Å². The molecule has 0 aliphatic rings. The van der Waals surface area contributed by atoms with Crippen molar-refractivity contribution in [3.63, 3.8) is 0 Å². The highest BCUT2D eigenvalue weighted by Crippen LogP contribution is 2.09. The molecule has 0 aromatic heterocycles. The van der Waals surface area contributed by atoms with E-state index in [0.717, 1.165) is 5.56 Å². The molecule has 2 heteroatoms. The van der Waals surface area contributed by atoms with Crippen LogP contribution in [0, 0.1) is 0 Å². The number of hydrogen-bond donors (Lipinski definition) is 0. The zero-order valence-electron chi connectivity index (χ0n) is 9.24. The van der Waals surface area contributed by atoms with Gasteiger partial charge >= 0.3 is 5.97 Å². The molecule has 0 aliphatic heterocycles. The minimum Gasteiger partial charge on any atom is -0.423 e. The molecule has 0 aliphatic carbocycles. The first-order valence-electron chi connectivity index (χ1n) is 5.34. The maximum absolute atomic E-state index is 11.5. The second-order valence-electron chi connectivity index (χ2n) is 3.48. The lowest BCUT2D eigenvalue weighted by Crippen LogP contribution is -2.03. The molecule has 0 radical (unpaired) electrons. The minimum absolute atomic E-state index is 0.375. The van der Waals surface area contributed by atoms with Crippen LogP contribution in [0.5, 0.6) is 5.75 Å². The second kappa shape index (κ2) is 5.66. The van der Waals surface area contributed by atoms with Gasteiger partial charge in [-0.05, 0) is 23.8 Å². The van der Waals surface area contributed by atoms with Gasteiger partial charge in [-0.3, -0.25) is 0 Å². The van der Waals surface area contributed by atoms with Gasteiger partial charge in [0.25, 0.3) is 0 Å². The van der Waals surface area contributed by atoms with Crippen LogP contribution in [-0.4, -0.2) is 5.97 Å². The van der Waals surface area contributed by atoms with Gasteiger partial charge in [0, 0.05) is 6.08 Å². The second-order valence-corrected chi connectivity index (χ2v) is 3.48. The van der Waals surface area contributed by atoms with Gasteiger partial charge in [-0.2, -0.15) is 0 Å². The van der Waals surface area contributed by atoms with E-state index in [-0.39, 0.29) is 5.97 Å². The molecule has 0 spiro atoms. The van der Waals surface area contributed by atoms with Crippen LogP contribution in [0.2, 0.25) is 0 Å². The average Bonchev–Trinajstić information content (AvgIpc) is 2.39. The molecule has 0 unspecified atom stereocenters. The van der Waals surface area contributed by atoms with Gasteiger partial charge in [-0.25, -0.2) is 4.79 Å². The first kappa shape index (κ1) is 11.1. The van der Waals surface area contributed by atoms with Crippen molar-refractivity contribution in [3.05, 3.63) is 72.3 Å². The summed E-state index contributed by atoms with van der Waals surface area (Å²) in [7, 11) is 0. The van der Waals surface area contributed by atoms with Gasteiger partial charge in [-0.1, -0.05) is 48.5 Å². The number of hydrogen-bond acceptors (Lipinski definition) is 2. The normalized spacial score (nSPS) is 10.4. The first-order valence-corrected chi connectivity index (χ1v) is 5.34. The van der Waals surface area contributed by atoms with Gasteiger partial charge in [0.15, 0.2) is 0 Å². The highest BCUT2D eigenvalue weighted by molar-refractivity contribution is 5.88. The highest BCUT2D eigenvalue weighted by Gasteiger charge is 1.98. The summed E-state index contributed by atoms with van der Waals surface area (Å²) in [6.45, 7) is 0. The molecule has 0 saturated heterocycles. The fourth-order valence-corrected chi connectivity index (χ4v) is 1.37. The van der Waals surface area contributed by atoms with E-state index in [4.69, 9.17) is 4.74 Å². The topological polar surface area (TPSA) is 26.3 Å². The molecular formula is C15H12O2. The summed E-state index contributed by atoms with van der Waals surface area (Å²) in [5, 5.41) is 0. The summed E-state index contributed by atoms with van der Waals surface area (Å²) in [5.41, 5.74) is 0.970. The van der Waals surface area contributed by atoms with Crippen molar-refractivity contribution in [3.8, 4) is 5.75 Å². The van der Waals surface area contributed by atoms with E-state index >= 15 is 0 Å². The van der Waals surface area contributed by atoms with Crippen LogP contribution in [0.15, 0.2) is 66.7 Å². The van der Waals surface area contributed by atoms with Crippen LogP contribution in [0.1, 0.15) is 5.56 Å². The Morgan fingerprint density at radius 2 is 1.47 bits per heavy atom. The van der Waals surface area contributed by atoms with Crippen LogP contribution in [0.3, 0.4) is 0 Å². The third-order valence-electron chi connectivity index (χ3n) is 2.17. The van der Waals surface area contributed by atoms with Crippen molar-refractivity contribution < 1.29 is 9.53 Å². The maximum Gasteiger partial charge on any atom is 0.336 e. The zero-order valence-corrected chi connectivity index (χ0v) is 9.24. The lowest BCUT2D eigenvalue weighted by atomic mass is 10.2. The number of carbonyl (C=O) groups is 1. The van der Waals surface area contributed by atoms with E-state index in [0.29, 0.717) is 5.75 Å². The maximum atomic E-state index is 11.5. The van der Waals surface area contributed by atoms with Crippen molar-refractivity contribution in [2.24, 2.45) is 0 Å². The molecule has 17 heavy (non-hydrogen) atoms. The van der Waals surface area contributed by atoms with Crippen molar-refractivity contribution in [1.82, 2.24) is 0 Å². The molecule has 84 valence electrons. The van der Waals surface area contributed by atoms with Crippen LogP contribution in [0.4, 0.5) is 0 Å². The van der Waals surface area contributed by atoms with Crippen LogP contribution >= 0.6 is 0 Å². The van der Waals surface area contributed by atoms with E-state index in [1.165, 1.54) is 6.08 Å². The van der Waals surface area contributed by atoms with Crippen LogP contribution in [0.25, 0.3) is 6.08 Å². The average molecular weight is 224 g/mol. The van der Waals surface area contributed by atoms with E-state index in [1.54, 1.807) is 18.2 Å². The first-order chi connectivity index (χ1) is 8.34. The highest BCUT2D eigenvalue weighted by atomic mass is 16.5. The molecule has 2 aromatic carbocycles. The summed E-state index contributed by atoms with van der Waals surface area (Å²) in [6.07, 6.45) is 3.15. The van der Waals surface area contributed by atoms with E-state index in [2.05, 4.69) is 0 Å². The Morgan fingerprint density at radius 1 is 0.882 bits per heavy atom. The van der Waals surface area contributed by atoms with Gasteiger partial charge < -0.3 is 4.74 Å². The SMILES string of the molecule is O=C(C=Cc1ccccc1)Oc1ccccc1. The third kappa shape index (κ3) is 3.61. The molecule has 2 nitrogen and oxygen atoms in total. The summed E-state index contributed by atoms with van der Waals surface area (Å²) >= 11 is 0. The lowest BCUT2D eigenvalue weighted by molar-refractivity contribution is -0.128. The predicted octanol–water partition coefficient (Wildman–Crippen LogP) is 3.31. The van der Waals surface area contributed by atoms with Crippen molar-refractivity contribution in [1.29, 1.82) is 0 Å². The Labute approximate surface area is 100 Å². The molecular weight excluding hydrogens is 212 g/mol. The molecule has 0 amide bonds. The molecule has 0 bridgehead atoms. The number of carbonyl (C=O) groups excluding carboxylic acids is 1. The smallest absolute Gasteiger partial charge is 0.336 e. The largest absolute Gasteiger partial charge is 0.423 e. The monoisotopic (exact) mass is 224 g/mol. The van der Waals surface area contributed by atoms with Crippen molar-refractivity contribution >= 4 is 12.0 Å². The van der Waals surface area contributed by atoms with Gasteiger partial charge in [0.2, 0.25) is 0 Å². The van der Waals surface area contributed by atoms with Gasteiger partial charge in [0.05, 0.1) is 0 Å². The third-order valence-corrected chi connectivity index (χ3v) is 2.17. The van der Waals surface area contributed by atoms with Gasteiger partial charge in [0.1, 0.15) is 5.75 Å². The van der Waals surface area contributed by atoms with Crippen LogP contribution < -0.4 is 4.74 Å². The summed E-state index contributed by atoms with van der Waals surface area (Å²) < 4.78 is 5.11. The number of benzene rings is 2. The minimum atomic E-state index is -0.375. The summed E-state index contributed by atoms with van der Waals surface area (Å²) in [5.74, 6) is 0.176. The summed E-state index contributed by atoms with van der Waals surface area (Å²) in [6, 6.07) is 18.6. The Balaban J connectivity index is 1.96. The summed E-state index contributed by atoms with van der Waals surface area (Å²) in [4.78, 5) is 11.5. The molecule has 2 rings (SSSR count). The molecule has 0 heterocycles. The molecule has 0 atom stereocenters. The molecule has 0 fully saturated rings. The Kier molecular flexibility index (Phi) is 3.71. The lowest BCUT2D eigenvalue weighted by Gasteiger charge is -1.99. The number of esters is 1. The quantitative estimate of drug-likeness (QED) is 0.454. The zero-order chi connectivity index (χ0) is 11.9. The Hall–Kier alpha value is -2.35. The van der Waals surface area contributed by atoms with E-state index < -0.39 is 0 Å². The molecule has 0 saturated carbocycles. The molecule has 2 aromatic rings. The Morgan fingerprint density at radius 3 is 2.12 bits per heavy atom. The van der Waals surface area contributed by atoms with E-state index in [9.17, 15) is 4.79 Å². The predicted molar refractivity (Wildman–Crippen MR) is 67.6 cm³/mol. The van der Waals surface area contributed by atoms with Crippen LogP contribution in [-0.2, 0) is 4.79 Å². The van der Waals surface area contributed by atoms with Crippen molar-refractivity contribution in [2.75, 3.05) is 0 Å². The molecule has 0 N–H and O–H groups in total. The standard InChI is InChI=1S/C15H12O2/c16-15(17-14-9-5-2-6-10-14)12-11-13-7-3-1-4-8-13/h1-12H. The van der Waals surface area contributed by atoms with Crippen molar-refractivity contribution in [2.45, 2.75) is 0 Å².